The number of amides is 1. The number of ether oxygens (including phenoxy) is 1. The maximum absolute atomic E-state index is 13.2. The van der Waals surface area contributed by atoms with Gasteiger partial charge in [-0.3, -0.25) is 4.79 Å². The van der Waals surface area contributed by atoms with Crippen LogP contribution in [0.3, 0.4) is 0 Å². The lowest BCUT2D eigenvalue weighted by Gasteiger charge is -2.24. The molecule has 0 saturated carbocycles. The van der Waals surface area contributed by atoms with Crippen molar-refractivity contribution in [3.63, 3.8) is 0 Å². The maximum atomic E-state index is 13.2. The average molecular weight is 683 g/mol. The van der Waals surface area contributed by atoms with Crippen LogP contribution in [0.4, 0.5) is 23.0 Å². The second-order valence-corrected chi connectivity index (χ2v) is 14.4. The molecule has 0 unspecified atom stereocenters. The Bertz CT molecular complexity index is 2090. The zero-order valence-corrected chi connectivity index (χ0v) is 29.5. The highest BCUT2D eigenvalue weighted by Crippen LogP contribution is 2.35. The Labute approximate surface area is 287 Å². The quantitative estimate of drug-likeness (QED) is 0.127. The number of para-hydroxylation sites is 1. The Kier molecular flexibility index (Phi) is 10.7. The molecule has 0 fully saturated rings. The van der Waals surface area contributed by atoms with E-state index >= 15 is 0 Å². The number of carbonyl (C=O) groups is 2. The van der Waals surface area contributed by atoms with Crippen LogP contribution in [-0.2, 0) is 26.4 Å². The van der Waals surface area contributed by atoms with Crippen molar-refractivity contribution in [2.45, 2.75) is 51.5 Å². The fourth-order valence-corrected chi connectivity index (χ4v) is 6.87. The molecule has 49 heavy (non-hydrogen) atoms. The summed E-state index contributed by atoms with van der Waals surface area (Å²) in [4.78, 5) is 37.9. The van der Waals surface area contributed by atoms with Crippen molar-refractivity contribution in [2.24, 2.45) is 7.05 Å². The third kappa shape index (κ3) is 8.09. The third-order valence-electron chi connectivity index (χ3n) is 8.04. The molecule has 3 aromatic carbocycles. The molecule has 11 nitrogen and oxygen atoms in total. The Hall–Kier alpha value is -5.23. The number of nitrogens with zero attached hydrogens (tertiary/aromatic N) is 4. The molecule has 2 N–H and O–H groups in total. The number of hydrogen-bond donors (Lipinski definition) is 2. The number of fused-ring (bicyclic) bond motifs is 1. The predicted molar refractivity (Wildman–Crippen MR) is 194 cm³/mol. The second-order valence-electron chi connectivity index (χ2n) is 12.2. The van der Waals surface area contributed by atoms with E-state index in [0.29, 0.717) is 17.1 Å². The summed E-state index contributed by atoms with van der Waals surface area (Å²) < 4.78 is 33.2. The number of esters is 1. The van der Waals surface area contributed by atoms with Gasteiger partial charge in [-0.15, -0.1) is 0 Å². The Balaban J connectivity index is 1.49. The van der Waals surface area contributed by atoms with Crippen molar-refractivity contribution < 1.29 is 22.7 Å². The van der Waals surface area contributed by atoms with Gasteiger partial charge in [-0.2, -0.15) is 0 Å². The summed E-state index contributed by atoms with van der Waals surface area (Å²) in [6.45, 7) is 8.31. The second kappa shape index (κ2) is 14.9. The van der Waals surface area contributed by atoms with E-state index in [9.17, 15) is 18.0 Å². The van der Waals surface area contributed by atoms with Crippen LogP contribution in [0.15, 0.2) is 84.0 Å². The molecule has 2 heterocycles. The van der Waals surface area contributed by atoms with Crippen molar-refractivity contribution >= 4 is 55.6 Å². The first kappa shape index (κ1) is 35.1. The Morgan fingerprint density at radius 1 is 1.02 bits per heavy atom. The number of carbonyl (C=O) groups excluding carboxylic acids is 2. The molecule has 0 aliphatic carbocycles. The maximum Gasteiger partial charge on any atom is 0.342 e. The van der Waals surface area contributed by atoms with Crippen LogP contribution in [0.2, 0.25) is 0 Å². The molecule has 0 aliphatic rings. The van der Waals surface area contributed by atoms with E-state index in [2.05, 4.69) is 22.5 Å². The standard InChI is InChI=1S/C37H42N6O5S/c1-7-18-42(5)33-20-25(4)30(21-31(33)39-34(44)17-19-49(46,47)26-13-9-8-10-14-26)40-37-38-22-28(36(45)48-24(2)3)35(41-37)29-23-43(6)32-16-12-11-15-27(29)32/h8-16,20-24H,7,17-19H2,1-6H3,(H,39,44)(H,38,40,41). The molecule has 256 valence electrons. The SMILES string of the molecule is CCCN(C)c1cc(C)c(Nc2ncc(C(=O)OC(C)C)c(-c3cn(C)c4ccccc34)n2)cc1NC(=O)CCS(=O)(=O)c1ccccc1. The zero-order chi connectivity index (χ0) is 35.3. The molecular weight excluding hydrogens is 641 g/mol. The number of anilines is 4. The van der Waals surface area contributed by atoms with Gasteiger partial charge in [0.1, 0.15) is 5.56 Å². The van der Waals surface area contributed by atoms with Gasteiger partial charge in [0, 0.05) is 61.6 Å². The number of benzene rings is 3. The summed E-state index contributed by atoms with van der Waals surface area (Å²) >= 11 is 0. The van der Waals surface area contributed by atoms with Crippen LogP contribution in [0.5, 0.6) is 0 Å². The minimum Gasteiger partial charge on any atom is -0.459 e. The lowest BCUT2D eigenvalue weighted by atomic mass is 10.1. The molecule has 2 aromatic heterocycles. The smallest absolute Gasteiger partial charge is 0.342 e. The number of aryl methyl sites for hydroxylation is 2. The van der Waals surface area contributed by atoms with E-state index in [-0.39, 0.29) is 34.7 Å². The molecule has 0 atom stereocenters. The highest BCUT2D eigenvalue weighted by molar-refractivity contribution is 7.91. The minimum atomic E-state index is -3.63. The molecular formula is C37H42N6O5S. The van der Waals surface area contributed by atoms with E-state index in [4.69, 9.17) is 9.72 Å². The molecule has 1 amide bonds. The molecule has 0 saturated heterocycles. The van der Waals surface area contributed by atoms with Crippen molar-refractivity contribution in [3.05, 3.63) is 90.3 Å². The van der Waals surface area contributed by atoms with Crippen LogP contribution < -0.4 is 15.5 Å². The molecule has 5 aromatic rings. The number of hydrogen-bond acceptors (Lipinski definition) is 9. The van der Waals surface area contributed by atoms with E-state index in [1.807, 2.05) is 67.0 Å². The predicted octanol–water partition coefficient (Wildman–Crippen LogP) is 6.90. The van der Waals surface area contributed by atoms with Gasteiger partial charge >= 0.3 is 5.97 Å². The van der Waals surface area contributed by atoms with Gasteiger partial charge in [0.05, 0.1) is 33.8 Å². The van der Waals surface area contributed by atoms with Gasteiger partial charge in [-0.05, 0) is 63.1 Å². The fraction of sp³-hybridized carbons (Fsp3) is 0.297. The lowest BCUT2D eigenvalue weighted by Crippen LogP contribution is -2.22. The van der Waals surface area contributed by atoms with Crippen molar-refractivity contribution in [2.75, 3.05) is 34.9 Å². The van der Waals surface area contributed by atoms with Crippen LogP contribution >= 0.6 is 0 Å². The lowest BCUT2D eigenvalue weighted by molar-refractivity contribution is -0.115. The first-order chi connectivity index (χ1) is 23.4. The third-order valence-corrected chi connectivity index (χ3v) is 9.77. The first-order valence-electron chi connectivity index (χ1n) is 16.2. The molecule has 0 spiro atoms. The summed E-state index contributed by atoms with van der Waals surface area (Å²) in [5.74, 6) is -1.03. The van der Waals surface area contributed by atoms with Gasteiger partial charge in [-0.25, -0.2) is 23.2 Å². The summed E-state index contributed by atoms with van der Waals surface area (Å²) in [6, 6.07) is 19.7. The largest absolute Gasteiger partial charge is 0.459 e. The van der Waals surface area contributed by atoms with E-state index in [1.54, 1.807) is 38.1 Å². The minimum absolute atomic E-state index is 0.180. The monoisotopic (exact) mass is 682 g/mol. The summed E-state index contributed by atoms with van der Waals surface area (Å²) in [6.07, 6.45) is 3.74. The number of rotatable bonds is 13. The number of aromatic nitrogens is 3. The van der Waals surface area contributed by atoms with E-state index < -0.39 is 21.7 Å². The summed E-state index contributed by atoms with van der Waals surface area (Å²) in [7, 11) is 0.247. The van der Waals surface area contributed by atoms with Crippen LogP contribution in [0.25, 0.3) is 22.2 Å². The van der Waals surface area contributed by atoms with Crippen molar-refractivity contribution in [1.29, 1.82) is 0 Å². The van der Waals surface area contributed by atoms with Crippen LogP contribution in [0.1, 0.15) is 49.5 Å². The molecule has 0 bridgehead atoms. The van der Waals surface area contributed by atoms with E-state index in [1.165, 1.54) is 18.3 Å². The van der Waals surface area contributed by atoms with Gasteiger partial charge in [-0.1, -0.05) is 43.3 Å². The van der Waals surface area contributed by atoms with Crippen LogP contribution in [0, 0.1) is 6.92 Å². The van der Waals surface area contributed by atoms with Gasteiger partial charge in [0.25, 0.3) is 0 Å². The van der Waals surface area contributed by atoms with Gasteiger partial charge in [0.15, 0.2) is 9.84 Å². The molecule has 5 rings (SSSR count). The highest BCUT2D eigenvalue weighted by atomic mass is 32.2. The first-order valence-corrected chi connectivity index (χ1v) is 17.9. The Morgan fingerprint density at radius 3 is 2.45 bits per heavy atom. The fourth-order valence-electron chi connectivity index (χ4n) is 5.61. The highest BCUT2D eigenvalue weighted by Gasteiger charge is 2.23. The molecule has 12 heteroatoms. The van der Waals surface area contributed by atoms with Crippen molar-refractivity contribution in [1.82, 2.24) is 14.5 Å². The molecule has 0 radical (unpaired) electrons. The molecule has 0 aliphatic heterocycles. The normalized spacial score (nSPS) is 11.5. The summed E-state index contributed by atoms with van der Waals surface area (Å²) in [5.41, 5.74) is 5.18. The topological polar surface area (TPSA) is 136 Å². The Morgan fingerprint density at radius 2 is 1.73 bits per heavy atom. The zero-order valence-electron chi connectivity index (χ0n) is 28.6. The number of nitrogens with one attached hydrogen (secondary N) is 2. The number of sulfone groups is 1. The van der Waals surface area contributed by atoms with Crippen LogP contribution in [-0.4, -0.2) is 60.3 Å². The van der Waals surface area contributed by atoms with E-state index in [0.717, 1.165) is 40.7 Å². The van der Waals surface area contributed by atoms with Gasteiger partial charge in [0.2, 0.25) is 11.9 Å². The average Bonchev–Trinajstić information content (AvgIpc) is 3.41. The van der Waals surface area contributed by atoms with Crippen molar-refractivity contribution in [3.8, 4) is 11.3 Å². The van der Waals surface area contributed by atoms with Gasteiger partial charge < -0.3 is 24.8 Å². The summed E-state index contributed by atoms with van der Waals surface area (Å²) in [5, 5.41) is 7.15.